The monoisotopic (exact) mass is 1470 g/mol. The SMILES string of the molecule is c1ccc(-n2c3ccccc3c3cc(-c4ccc(N(c5ccc6c7ccccc7c7ccccc7c6c5)c5cccc6c5oc5ccccc56)cc4)ccc32)cc1.c1ccc(-n2c3ccccc3c3cc(-c4ccc(N(c5ccc6c7ccccc7c7ccccc7c6c5)c5cccc6c5sc5ccccc56)cc4)ccc32)cc1. The van der Waals surface area contributed by atoms with Crippen LogP contribution in [0.25, 0.3) is 184 Å². The third-order valence-electron chi connectivity index (χ3n) is 23.5. The normalized spacial score (nSPS) is 11.9. The maximum atomic E-state index is 6.68. The van der Waals surface area contributed by atoms with Crippen molar-refractivity contribution in [3.63, 3.8) is 0 Å². The lowest BCUT2D eigenvalue weighted by Crippen LogP contribution is -2.10. The van der Waals surface area contributed by atoms with Gasteiger partial charge in [-0.2, -0.15) is 0 Å². The summed E-state index contributed by atoms with van der Waals surface area (Å²) in [7, 11) is 0. The molecule has 0 unspecified atom stereocenters. The van der Waals surface area contributed by atoms with Crippen molar-refractivity contribution in [3.05, 3.63) is 413 Å². The van der Waals surface area contributed by atoms with Crippen molar-refractivity contribution in [3.8, 4) is 33.6 Å². The van der Waals surface area contributed by atoms with Crippen molar-refractivity contribution in [2.24, 2.45) is 0 Å². The number of benzene rings is 20. The van der Waals surface area contributed by atoms with Gasteiger partial charge < -0.3 is 23.4 Å². The van der Waals surface area contributed by atoms with Crippen LogP contribution in [0.3, 0.4) is 0 Å². The number of rotatable bonds is 10. The molecular formula is C108H68N4OS. The second kappa shape index (κ2) is 26.5. The average molecular weight is 1470 g/mol. The molecule has 114 heavy (non-hydrogen) atoms. The Balaban J connectivity index is 0.000000135. The molecule has 6 heteroatoms. The summed E-state index contributed by atoms with van der Waals surface area (Å²) in [6.07, 6.45) is 0. The molecule has 5 nitrogen and oxygen atoms in total. The lowest BCUT2D eigenvalue weighted by Gasteiger charge is -2.27. The molecule has 0 amide bonds. The number of furan rings is 1. The van der Waals surface area contributed by atoms with Gasteiger partial charge >= 0.3 is 0 Å². The fourth-order valence-corrected chi connectivity index (χ4v) is 19.6. The van der Waals surface area contributed by atoms with Gasteiger partial charge in [-0.25, -0.2) is 0 Å². The molecule has 0 spiro atoms. The van der Waals surface area contributed by atoms with Gasteiger partial charge in [-0.05, 0) is 220 Å². The van der Waals surface area contributed by atoms with E-state index in [4.69, 9.17) is 4.42 Å². The zero-order valence-electron chi connectivity index (χ0n) is 61.9. The molecule has 24 aromatic rings. The van der Waals surface area contributed by atoms with Gasteiger partial charge in [0.15, 0.2) is 5.58 Å². The minimum Gasteiger partial charge on any atom is -0.454 e. The van der Waals surface area contributed by atoms with Gasteiger partial charge in [0.25, 0.3) is 0 Å². The Morgan fingerprint density at radius 1 is 0.202 bits per heavy atom. The molecule has 0 aliphatic carbocycles. The molecule has 4 aromatic heterocycles. The number of hydrogen-bond donors (Lipinski definition) is 0. The first kappa shape index (κ1) is 65.1. The average Bonchev–Trinajstić information content (AvgIpc) is 1.59. The Kier molecular flexibility index (Phi) is 15.1. The molecule has 24 rings (SSSR count). The van der Waals surface area contributed by atoms with E-state index in [1.165, 1.54) is 156 Å². The lowest BCUT2D eigenvalue weighted by atomic mass is 9.94. The molecule has 20 aromatic carbocycles. The quantitative estimate of drug-likeness (QED) is 0.128. The van der Waals surface area contributed by atoms with E-state index in [0.717, 1.165) is 61.6 Å². The fourth-order valence-electron chi connectivity index (χ4n) is 18.4. The largest absolute Gasteiger partial charge is 0.454 e. The van der Waals surface area contributed by atoms with E-state index in [9.17, 15) is 0 Å². The van der Waals surface area contributed by atoms with Gasteiger partial charge in [-0.3, -0.25) is 0 Å². The molecule has 0 saturated carbocycles. The predicted octanol–water partition coefficient (Wildman–Crippen LogP) is 31.0. The van der Waals surface area contributed by atoms with Crippen LogP contribution in [0.4, 0.5) is 34.1 Å². The molecule has 532 valence electrons. The molecule has 0 N–H and O–H groups in total. The van der Waals surface area contributed by atoms with Gasteiger partial charge in [0, 0.05) is 81.9 Å². The Labute approximate surface area is 660 Å². The molecule has 0 fully saturated rings. The van der Waals surface area contributed by atoms with E-state index in [-0.39, 0.29) is 0 Å². The van der Waals surface area contributed by atoms with Crippen LogP contribution in [0.2, 0.25) is 0 Å². The smallest absolute Gasteiger partial charge is 0.159 e. The van der Waals surface area contributed by atoms with Crippen LogP contribution in [0.1, 0.15) is 0 Å². The summed E-state index contributed by atoms with van der Waals surface area (Å²) in [6, 6.07) is 150. The lowest BCUT2D eigenvalue weighted by molar-refractivity contribution is 0.669. The highest BCUT2D eigenvalue weighted by Crippen LogP contribution is 2.50. The molecule has 0 radical (unpaired) electrons. The van der Waals surface area contributed by atoms with E-state index >= 15 is 0 Å². The fraction of sp³-hybridized carbons (Fsp3) is 0. The van der Waals surface area contributed by atoms with Gasteiger partial charge in [-0.1, -0.05) is 279 Å². The summed E-state index contributed by atoms with van der Waals surface area (Å²) in [6.45, 7) is 0. The van der Waals surface area contributed by atoms with E-state index in [0.29, 0.717) is 0 Å². The minimum absolute atomic E-state index is 0.867. The van der Waals surface area contributed by atoms with E-state index < -0.39 is 0 Å². The highest BCUT2D eigenvalue weighted by atomic mass is 32.1. The summed E-state index contributed by atoms with van der Waals surface area (Å²) in [5.74, 6) is 0. The topological polar surface area (TPSA) is 29.5 Å². The van der Waals surface area contributed by atoms with Gasteiger partial charge in [-0.15, -0.1) is 11.3 Å². The highest BCUT2D eigenvalue weighted by molar-refractivity contribution is 7.26. The van der Waals surface area contributed by atoms with Crippen LogP contribution in [-0.4, -0.2) is 9.13 Å². The summed E-state index contributed by atoms with van der Waals surface area (Å²) in [5, 5.41) is 25.0. The molecule has 0 saturated heterocycles. The maximum Gasteiger partial charge on any atom is 0.159 e. The first-order valence-corrected chi connectivity index (χ1v) is 39.8. The molecule has 0 aliphatic rings. The van der Waals surface area contributed by atoms with E-state index in [1.54, 1.807) is 0 Å². The number of para-hydroxylation sites is 6. The van der Waals surface area contributed by atoms with Crippen LogP contribution in [0.15, 0.2) is 417 Å². The summed E-state index contributed by atoms with van der Waals surface area (Å²) < 4.78 is 14.0. The second-order valence-corrected chi connectivity index (χ2v) is 30.8. The highest BCUT2D eigenvalue weighted by Gasteiger charge is 2.25. The Morgan fingerprint density at radius 3 is 1.03 bits per heavy atom. The first-order chi connectivity index (χ1) is 56.6. The van der Waals surface area contributed by atoms with E-state index in [1.807, 2.05) is 17.4 Å². The number of anilines is 6. The Morgan fingerprint density at radius 2 is 0.544 bits per heavy atom. The number of hydrogen-bond acceptors (Lipinski definition) is 4. The minimum atomic E-state index is 0.867. The van der Waals surface area contributed by atoms with Crippen LogP contribution in [0.5, 0.6) is 0 Å². The summed E-state index contributed by atoms with van der Waals surface area (Å²) >= 11 is 1.87. The van der Waals surface area contributed by atoms with Crippen LogP contribution < -0.4 is 9.80 Å². The second-order valence-electron chi connectivity index (χ2n) is 29.8. The molecule has 0 bridgehead atoms. The standard InChI is InChI=1S/C54H34N2O.C54H34N2S/c2*1-2-13-37(14-3-1)56-50-22-10-8-19-45(50)49-33-36(27-32-51(49)56)35-25-28-38(29-26-35)55(52-23-12-21-47-46-20-9-11-24-53(46)57-54(47)52)39-30-31-44-42-17-5-4-15-40(42)41-16-6-7-18-43(41)48(44)34-39/h2*1-34H. The molecule has 4 heterocycles. The number of nitrogens with zero attached hydrogens (tertiary/aromatic N) is 4. The van der Waals surface area contributed by atoms with Gasteiger partial charge in [0.2, 0.25) is 0 Å². The van der Waals surface area contributed by atoms with Crippen molar-refractivity contribution in [1.29, 1.82) is 0 Å². The number of aromatic nitrogens is 2. The summed E-state index contributed by atoms with van der Waals surface area (Å²) in [4.78, 5) is 4.82. The van der Waals surface area contributed by atoms with Crippen molar-refractivity contribution in [2.45, 2.75) is 0 Å². The maximum absolute atomic E-state index is 6.68. The first-order valence-electron chi connectivity index (χ1n) is 39.0. The van der Waals surface area contributed by atoms with Crippen molar-refractivity contribution in [1.82, 2.24) is 9.13 Å². The van der Waals surface area contributed by atoms with Gasteiger partial charge in [0.05, 0.1) is 38.1 Å². The Bertz CT molecular complexity index is 7450. The van der Waals surface area contributed by atoms with Crippen LogP contribution in [0, 0.1) is 0 Å². The molecule has 0 atom stereocenters. The Hall–Kier alpha value is -14.8. The number of thiophene rings is 1. The van der Waals surface area contributed by atoms with Gasteiger partial charge in [0.1, 0.15) is 5.58 Å². The van der Waals surface area contributed by atoms with Crippen LogP contribution >= 0.6 is 11.3 Å². The van der Waals surface area contributed by atoms with Crippen molar-refractivity contribution in [2.75, 3.05) is 9.80 Å². The van der Waals surface area contributed by atoms with E-state index in [2.05, 4.69) is 425 Å². The zero-order chi connectivity index (χ0) is 74.9. The van der Waals surface area contributed by atoms with Crippen molar-refractivity contribution >= 4 is 196 Å². The van der Waals surface area contributed by atoms with Crippen LogP contribution in [-0.2, 0) is 0 Å². The van der Waals surface area contributed by atoms with Crippen molar-refractivity contribution < 1.29 is 4.42 Å². The summed E-state index contributed by atoms with van der Waals surface area (Å²) in [5.41, 5.74) is 20.2. The zero-order valence-corrected chi connectivity index (χ0v) is 62.7. The number of fused-ring (bicyclic) bond motifs is 24. The third kappa shape index (κ3) is 10.5. The third-order valence-corrected chi connectivity index (χ3v) is 24.7. The molecular weight excluding hydrogens is 1400 g/mol. The molecule has 0 aliphatic heterocycles. The predicted molar refractivity (Wildman–Crippen MR) is 487 cm³/mol.